The number of anilines is 1. The van der Waals surface area contributed by atoms with Gasteiger partial charge in [0.1, 0.15) is 23.1 Å². The van der Waals surface area contributed by atoms with Crippen LogP contribution in [0, 0.1) is 5.82 Å². The van der Waals surface area contributed by atoms with Crippen LogP contribution >= 0.6 is 11.3 Å². The van der Waals surface area contributed by atoms with Gasteiger partial charge in [-0.2, -0.15) is 0 Å². The summed E-state index contributed by atoms with van der Waals surface area (Å²) in [7, 11) is 0. The molecular weight excluding hydrogens is 543 g/mol. The zero-order chi connectivity index (χ0) is 28.9. The third kappa shape index (κ3) is 5.95. The van der Waals surface area contributed by atoms with Crippen LogP contribution in [0.2, 0.25) is 0 Å². The molecule has 7 nitrogen and oxygen atoms in total. The quantitative estimate of drug-likeness (QED) is 0.0868. The Balaban J connectivity index is 1.57. The Morgan fingerprint density at radius 3 is 2.29 bits per heavy atom. The first kappa shape index (κ1) is 28.3. The fourth-order valence-corrected chi connectivity index (χ4v) is 5.72. The minimum absolute atomic E-state index is 0.0562. The minimum Gasteiger partial charge on any atom is -0.507 e. The van der Waals surface area contributed by atoms with Crippen LogP contribution in [-0.2, 0) is 9.59 Å². The van der Waals surface area contributed by atoms with E-state index in [-0.39, 0.29) is 16.5 Å². The molecule has 1 saturated heterocycles. The normalized spacial score (nSPS) is 16.5. The number of rotatable bonds is 11. The predicted molar refractivity (Wildman–Crippen MR) is 158 cm³/mol. The number of benzene rings is 3. The summed E-state index contributed by atoms with van der Waals surface area (Å²) in [6.07, 6.45) is 3.96. The summed E-state index contributed by atoms with van der Waals surface area (Å²) in [5, 5.41) is 11.7. The molecule has 3 aromatic carbocycles. The van der Waals surface area contributed by atoms with Crippen molar-refractivity contribution in [1.29, 1.82) is 0 Å². The molecule has 0 radical (unpaired) electrons. The number of amides is 1. The highest BCUT2D eigenvalue weighted by molar-refractivity contribution is 7.22. The number of hydrogen-bond acceptors (Lipinski definition) is 7. The molecule has 1 amide bonds. The van der Waals surface area contributed by atoms with Gasteiger partial charge in [-0.3, -0.25) is 14.5 Å². The summed E-state index contributed by atoms with van der Waals surface area (Å²) in [6, 6.07) is 17.1. The maximum Gasteiger partial charge on any atom is 0.301 e. The molecule has 1 fully saturated rings. The van der Waals surface area contributed by atoms with Crippen molar-refractivity contribution in [2.75, 3.05) is 18.1 Å². The number of hydrogen-bond donors (Lipinski definition) is 1. The molecule has 1 unspecified atom stereocenters. The second-order valence-corrected chi connectivity index (χ2v) is 10.8. The van der Waals surface area contributed by atoms with Crippen molar-refractivity contribution in [1.82, 2.24) is 4.98 Å². The molecule has 1 aliphatic heterocycles. The highest BCUT2D eigenvalue weighted by Gasteiger charge is 2.48. The number of nitrogens with zero attached hydrogens (tertiary/aromatic N) is 2. The number of carbonyl (C=O) groups is 2. The molecule has 0 bridgehead atoms. The van der Waals surface area contributed by atoms with Gasteiger partial charge in [-0.1, -0.05) is 50.2 Å². The lowest BCUT2D eigenvalue weighted by Gasteiger charge is -2.23. The van der Waals surface area contributed by atoms with Crippen LogP contribution < -0.4 is 14.4 Å². The minimum atomic E-state index is -0.953. The van der Waals surface area contributed by atoms with Crippen molar-refractivity contribution < 1.29 is 28.6 Å². The zero-order valence-electron chi connectivity index (χ0n) is 22.9. The fourth-order valence-electron chi connectivity index (χ4n) is 4.71. The van der Waals surface area contributed by atoms with E-state index in [1.807, 2.05) is 6.92 Å². The highest BCUT2D eigenvalue weighted by atomic mass is 32.1. The molecule has 0 spiro atoms. The van der Waals surface area contributed by atoms with E-state index in [2.05, 4.69) is 11.9 Å². The number of fused-ring (bicyclic) bond motifs is 1. The fraction of sp³-hybridized carbons (Fsp3) is 0.281. The average Bonchev–Trinajstić information content (AvgIpc) is 3.51. The molecule has 0 saturated carbocycles. The largest absolute Gasteiger partial charge is 0.507 e. The van der Waals surface area contributed by atoms with Crippen molar-refractivity contribution >= 4 is 44.1 Å². The maximum atomic E-state index is 13.9. The van der Waals surface area contributed by atoms with Gasteiger partial charge in [0.25, 0.3) is 5.78 Å². The van der Waals surface area contributed by atoms with Crippen molar-refractivity contribution in [3.63, 3.8) is 0 Å². The Bertz CT molecular complexity index is 1580. The number of aromatic nitrogens is 1. The number of carbonyl (C=O) groups excluding carboxylic acids is 2. The summed E-state index contributed by atoms with van der Waals surface area (Å²) >= 11 is 1.11. The van der Waals surface area contributed by atoms with Gasteiger partial charge in [0.2, 0.25) is 0 Å². The summed E-state index contributed by atoms with van der Waals surface area (Å²) in [6.45, 7) is 5.28. The van der Waals surface area contributed by atoms with Gasteiger partial charge in [-0.05, 0) is 73.0 Å². The van der Waals surface area contributed by atoms with E-state index >= 15 is 0 Å². The number of aliphatic hydroxyl groups excluding tert-OH is 1. The lowest BCUT2D eigenvalue weighted by atomic mass is 9.95. The van der Waals surface area contributed by atoms with Crippen LogP contribution in [0.4, 0.5) is 9.52 Å². The average molecular weight is 575 g/mol. The van der Waals surface area contributed by atoms with Gasteiger partial charge in [-0.25, -0.2) is 9.37 Å². The van der Waals surface area contributed by atoms with Gasteiger partial charge in [0.05, 0.1) is 35.0 Å². The number of halogens is 1. The Hall–Kier alpha value is -4.24. The van der Waals surface area contributed by atoms with Crippen molar-refractivity contribution in [3.8, 4) is 11.5 Å². The lowest BCUT2D eigenvalue weighted by Crippen LogP contribution is -2.29. The highest BCUT2D eigenvalue weighted by Crippen LogP contribution is 2.44. The number of aliphatic hydroxyl groups is 1. The van der Waals surface area contributed by atoms with Crippen LogP contribution in [0.25, 0.3) is 16.0 Å². The molecule has 4 aromatic rings. The number of ketones is 1. The lowest BCUT2D eigenvalue weighted by molar-refractivity contribution is -0.132. The van der Waals surface area contributed by atoms with Gasteiger partial charge in [-0.15, -0.1) is 0 Å². The first-order valence-electron chi connectivity index (χ1n) is 13.7. The Morgan fingerprint density at radius 2 is 1.61 bits per heavy atom. The third-order valence-corrected chi connectivity index (χ3v) is 7.82. The Labute approximate surface area is 241 Å². The zero-order valence-corrected chi connectivity index (χ0v) is 23.7. The monoisotopic (exact) mass is 574 g/mol. The summed E-state index contributed by atoms with van der Waals surface area (Å²) in [5.41, 5.74) is 1.42. The number of unbranched alkanes of at least 4 members (excludes halogenated alkanes) is 2. The van der Waals surface area contributed by atoms with Crippen molar-refractivity contribution in [2.45, 2.75) is 45.6 Å². The Morgan fingerprint density at radius 1 is 0.927 bits per heavy atom. The van der Waals surface area contributed by atoms with E-state index in [0.29, 0.717) is 46.1 Å². The van der Waals surface area contributed by atoms with Crippen LogP contribution in [-0.4, -0.2) is 35.0 Å². The van der Waals surface area contributed by atoms with Gasteiger partial charge >= 0.3 is 5.91 Å². The third-order valence-electron chi connectivity index (χ3n) is 6.80. The number of thiazole rings is 1. The molecular formula is C32H31FN2O5S. The SMILES string of the molecule is CCCCCOc1ccc(C2/C(=C(\O)c3ccc(OCCC)cc3)C(=O)C(=O)N2c2nc3ccc(F)cc3s2)cc1. The van der Waals surface area contributed by atoms with Crippen molar-refractivity contribution in [2.24, 2.45) is 0 Å². The first-order chi connectivity index (χ1) is 19.9. The van der Waals surface area contributed by atoms with E-state index in [1.54, 1.807) is 48.5 Å². The predicted octanol–water partition coefficient (Wildman–Crippen LogP) is 7.42. The molecule has 9 heteroatoms. The molecule has 0 aliphatic carbocycles. The molecule has 1 aliphatic rings. The van der Waals surface area contributed by atoms with Crippen LogP contribution in [0.3, 0.4) is 0 Å². The van der Waals surface area contributed by atoms with E-state index in [0.717, 1.165) is 37.0 Å². The van der Waals surface area contributed by atoms with Gasteiger partial charge in [0, 0.05) is 5.56 Å². The number of Topliss-reactive ketones (excluding diaryl/α,β-unsaturated/α-hetero) is 1. The molecule has 5 rings (SSSR count). The molecule has 2 heterocycles. The van der Waals surface area contributed by atoms with E-state index in [9.17, 15) is 19.1 Å². The first-order valence-corrected chi connectivity index (χ1v) is 14.6. The second-order valence-electron chi connectivity index (χ2n) is 9.78. The summed E-state index contributed by atoms with van der Waals surface area (Å²) in [4.78, 5) is 32.8. The van der Waals surface area contributed by atoms with Crippen molar-refractivity contribution in [3.05, 3.63) is 89.2 Å². The summed E-state index contributed by atoms with van der Waals surface area (Å²) in [5.74, 6) is -1.07. The Kier molecular flexibility index (Phi) is 8.64. The molecule has 1 aromatic heterocycles. The second kappa shape index (κ2) is 12.5. The molecule has 212 valence electrons. The molecule has 41 heavy (non-hydrogen) atoms. The topological polar surface area (TPSA) is 89.0 Å². The molecule has 1 N–H and O–H groups in total. The van der Waals surface area contributed by atoms with Crippen LogP contribution in [0.5, 0.6) is 11.5 Å². The van der Waals surface area contributed by atoms with Gasteiger partial charge in [0.15, 0.2) is 5.13 Å². The smallest absolute Gasteiger partial charge is 0.301 e. The molecule has 1 atom stereocenters. The number of ether oxygens (including phenoxy) is 2. The maximum absolute atomic E-state index is 13.9. The standard InChI is InChI=1S/C32H31FN2O5S/c1-3-5-6-18-40-24-12-7-20(8-13-24)28-27(29(36)21-9-14-23(15-10-21)39-17-4-2)30(37)31(38)35(28)32-34-25-16-11-22(33)19-26(25)41-32/h7-16,19,28,36H,3-6,17-18H2,1-2H3/b29-27+. The van der Waals surface area contributed by atoms with Gasteiger partial charge < -0.3 is 14.6 Å². The van der Waals surface area contributed by atoms with E-state index in [4.69, 9.17) is 9.47 Å². The van der Waals surface area contributed by atoms with Crippen LogP contribution in [0.1, 0.15) is 56.7 Å². The summed E-state index contributed by atoms with van der Waals surface area (Å²) < 4.78 is 25.9. The van der Waals surface area contributed by atoms with E-state index in [1.165, 1.54) is 23.1 Å². The van der Waals surface area contributed by atoms with Crippen LogP contribution in [0.15, 0.2) is 72.3 Å². The van der Waals surface area contributed by atoms with E-state index < -0.39 is 23.5 Å².